The zero-order valence-electron chi connectivity index (χ0n) is 12.8. The molecule has 24 heavy (non-hydrogen) atoms. The first-order chi connectivity index (χ1) is 11.4. The molecular weight excluding hydrogens is 448 g/mol. The molecule has 0 N–H and O–H groups in total. The standard InChI is InChI=1S/C15H12Br2N2O5/c1-22-14(20)10-6-24-7-19(13(10)15(21)23-2)12-8(5-18)3-9(16)4-11(12)17/h3-4H,6-7H2,1-2H3. The molecule has 0 aromatic heterocycles. The molecule has 2 rings (SSSR count). The maximum absolute atomic E-state index is 12.3. The van der Waals surface area contributed by atoms with Crippen molar-refractivity contribution in [3.8, 4) is 6.07 Å². The molecule has 0 saturated heterocycles. The molecule has 7 nitrogen and oxygen atoms in total. The lowest BCUT2D eigenvalue weighted by atomic mass is 10.1. The molecule has 0 spiro atoms. The fourth-order valence-corrected chi connectivity index (χ4v) is 3.68. The van der Waals surface area contributed by atoms with Crippen molar-refractivity contribution in [2.45, 2.75) is 0 Å². The highest BCUT2D eigenvalue weighted by molar-refractivity contribution is 9.11. The van der Waals surface area contributed by atoms with E-state index in [1.807, 2.05) is 0 Å². The zero-order valence-corrected chi connectivity index (χ0v) is 15.9. The summed E-state index contributed by atoms with van der Waals surface area (Å²) < 4.78 is 16.1. The van der Waals surface area contributed by atoms with E-state index in [0.29, 0.717) is 14.6 Å². The molecule has 0 aliphatic carbocycles. The molecule has 1 aliphatic rings. The normalized spacial score (nSPS) is 14.2. The molecule has 0 unspecified atom stereocenters. The molecule has 0 atom stereocenters. The number of rotatable bonds is 3. The van der Waals surface area contributed by atoms with Gasteiger partial charge in [-0.15, -0.1) is 0 Å². The Morgan fingerprint density at radius 1 is 1.25 bits per heavy atom. The van der Waals surface area contributed by atoms with E-state index < -0.39 is 11.9 Å². The van der Waals surface area contributed by atoms with Crippen LogP contribution in [0.5, 0.6) is 0 Å². The first-order valence-electron chi connectivity index (χ1n) is 6.58. The average molecular weight is 460 g/mol. The van der Waals surface area contributed by atoms with Gasteiger partial charge in [0.1, 0.15) is 18.5 Å². The van der Waals surface area contributed by atoms with Crippen LogP contribution in [0.25, 0.3) is 0 Å². The van der Waals surface area contributed by atoms with E-state index in [1.54, 1.807) is 12.1 Å². The van der Waals surface area contributed by atoms with Crippen LogP contribution >= 0.6 is 31.9 Å². The second kappa shape index (κ2) is 7.79. The minimum Gasteiger partial charge on any atom is -0.466 e. The zero-order chi connectivity index (χ0) is 17.9. The molecule has 9 heteroatoms. The summed E-state index contributed by atoms with van der Waals surface area (Å²) in [5.74, 6) is -1.43. The summed E-state index contributed by atoms with van der Waals surface area (Å²) in [7, 11) is 2.42. The van der Waals surface area contributed by atoms with Gasteiger partial charge in [0.25, 0.3) is 0 Å². The Labute approximate surface area is 155 Å². The highest BCUT2D eigenvalue weighted by Crippen LogP contribution is 2.37. The van der Waals surface area contributed by atoms with Gasteiger partial charge in [-0.1, -0.05) is 15.9 Å². The van der Waals surface area contributed by atoms with Gasteiger partial charge in [-0.25, -0.2) is 9.59 Å². The minimum atomic E-state index is -0.725. The van der Waals surface area contributed by atoms with Crippen LogP contribution in [0.4, 0.5) is 5.69 Å². The highest BCUT2D eigenvalue weighted by atomic mass is 79.9. The Morgan fingerprint density at radius 2 is 1.92 bits per heavy atom. The van der Waals surface area contributed by atoms with Gasteiger partial charge < -0.3 is 19.1 Å². The minimum absolute atomic E-state index is 0.0184. The summed E-state index contributed by atoms with van der Waals surface area (Å²) in [5.41, 5.74) is 0.680. The molecule has 0 bridgehead atoms. The predicted molar refractivity (Wildman–Crippen MR) is 90.9 cm³/mol. The van der Waals surface area contributed by atoms with E-state index in [1.165, 1.54) is 19.1 Å². The fraction of sp³-hybridized carbons (Fsp3) is 0.267. The fourth-order valence-electron chi connectivity index (χ4n) is 2.25. The Morgan fingerprint density at radius 3 is 2.50 bits per heavy atom. The first-order valence-corrected chi connectivity index (χ1v) is 8.17. The monoisotopic (exact) mass is 458 g/mol. The van der Waals surface area contributed by atoms with Gasteiger partial charge >= 0.3 is 11.9 Å². The van der Waals surface area contributed by atoms with Crippen molar-refractivity contribution in [1.82, 2.24) is 0 Å². The van der Waals surface area contributed by atoms with Crippen LogP contribution in [-0.2, 0) is 23.8 Å². The number of esters is 2. The Kier molecular flexibility index (Phi) is 5.99. The second-order valence-electron chi connectivity index (χ2n) is 4.61. The number of anilines is 1. The molecule has 0 saturated carbocycles. The van der Waals surface area contributed by atoms with Gasteiger partial charge in [0.05, 0.1) is 37.7 Å². The summed E-state index contributed by atoms with van der Waals surface area (Å²) in [4.78, 5) is 25.7. The number of benzene rings is 1. The number of methoxy groups -OCH3 is 2. The van der Waals surface area contributed by atoms with E-state index >= 15 is 0 Å². The van der Waals surface area contributed by atoms with Gasteiger partial charge in [0.2, 0.25) is 0 Å². The molecule has 0 radical (unpaired) electrons. The SMILES string of the molecule is COC(=O)C1=C(C(=O)OC)N(c2c(Br)cc(Br)cc2C#N)COC1. The first kappa shape index (κ1) is 18.4. The molecule has 0 amide bonds. The topological polar surface area (TPSA) is 88.9 Å². The van der Waals surface area contributed by atoms with Gasteiger partial charge in [-0.3, -0.25) is 0 Å². The number of carbonyl (C=O) groups is 2. The summed E-state index contributed by atoms with van der Waals surface area (Å²) >= 11 is 6.69. The van der Waals surface area contributed by atoms with Crippen molar-refractivity contribution >= 4 is 49.5 Å². The molecule has 1 aliphatic heterocycles. The Hall–Kier alpha value is -1.89. The van der Waals surface area contributed by atoms with Crippen LogP contribution in [0.3, 0.4) is 0 Å². The van der Waals surface area contributed by atoms with Crippen LogP contribution in [0.15, 0.2) is 32.3 Å². The third kappa shape index (κ3) is 3.45. The van der Waals surface area contributed by atoms with Crippen LogP contribution < -0.4 is 4.90 Å². The molecule has 1 heterocycles. The summed E-state index contributed by atoms with van der Waals surface area (Å²) in [5, 5.41) is 9.42. The van der Waals surface area contributed by atoms with Crippen LogP contribution in [0.2, 0.25) is 0 Å². The average Bonchev–Trinajstić information content (AvgIpc) is 2.59. The number of nitriles is 1. The summed E-state index contributed by atoms with van der Waals surface area (Å²) in [6.07, 6.45) is 0. The summed E-state index contributed by atoms with van der Waals surface area (Å²) in [6, 6.07) is 5.38. The van der Waals surface area contributed by atoms with Crippen molar-refractivity contribution in [3.05, 3.63) is 37.9 Å². The van der Waals surface area contributed by atoms with E-state index in [2.05, 4.69) is 37.9 Å². The van der Waals surface area contributed by atoms with Crippen molar-refractivity contribution in [3.63, 3.8) is 0 Å². The Balaban J connectivity index is 2.71. The second-order valence-corrected chi connectivity index (χ2v) is 6.38. The van der Waals surface area contributed by atoms with Crippen molar-refractivity contribution in [2.75, 3.05) is 32.5 Å². The van der Waals surface area contributed by atoms with Crippen molar-refractivity contribution < 1.29 is 23.8 Å². The molecule has 1 aromatic carbocycles. The van der Waals surface area contributed by atoms with Gasteiger partial charge in [-0.2, -0.15) is 5.26 Å². The number of halogens is 2. The third-order valence-corrected chi connectivity index (χ3v) is 4.31. The van der Waals surface area contributed by atoms with Gasteiger partial charge in [0.15, 0.2) is 0 Å². The maximum Gasteiger partial charge on any atom is 0.355 e. The van der Waals surface area contributed by atoms with Crippen molar-refractivity contribution in [1.29, 1.82) is 5.26 Å². The van der Waals surface area contributed by atoms with Crippen LogP contribution in [0.1, 0.15) is 5.56 Å². The van der Waals surface area contributed by atoms with Gasteiger partial charge in [0, 0.05) is 8.95 Å². The number of hydrogen-bond acceptors (Lipinski definition) is 7. The molecule has 126 valence electrons. The molecule has 1 aromatic rings. The van der Waals surface area contributed by atoms with Crippen molar-refractivity contribution in [2.24, 2.45) is 0 Å². The number of hydrogen-bond donors (Lipinski definition) is 0. The summed E-state index contributed by atoms with van der Waals surface area (Å²) in [6.45, 7) is -0.122. The number of nitrogens with zero attached hydrogens (tertiary/aromatic N) is 2. The number of ether oxygens (including phenoxy) is 3. The van der Waals surface area contributed by atoms with E-state index in [4.69, 9.17) is 14.2 Å². The van der Waals surface area contributed by atoms with Crippen LogP contribution in [-0.4, -0.2) is 39.5 Å². The third-order valence-electron chi connectivity index (χ3n) is 3.25. The van der Waals surface area contributed by atoms with Crippen LogP contribution in [0, 0.1) is 11.3 Å². The predicted octanol–water partition coefficient (Wildman–Crippen LogP) is 2.48. The van der Waals surface area contributed by atoms with E-state index in [9.17, 15) is 14.9 Å². The molecule has 0 fully saturated rings. The lowest BCUT2D eigenvalue weighted by Crippen LogP contribution is -2.39. The highest BCUT2D eigenvalue weighted by Gasteiger charge is 2.34. The molecular formula is C15H12Br2N2O5. The smallest absolute Gasteiger partial charge is 0.355 e. The largest absolute Gasteiger partial charge is 0.466 e. The van der Waals surface area contributed by atoms with E-state index in [0.717, 1.165) is 0 Å². The van der Waals surface area contributed by atoms with E-state index in [-0.39, 0.29) is 30.2 Å². The Bertz CT molecular complexity index is 770. The number of carbonyl (C=O) groups excluding carboxylic acids is 2. The lowest BCUT2D eigenvalue weighted by molar-refractivity contribution is -0.140. The van der Waals surface area contributed by atoms with Gasteiger partial charge in [-0.05, 0) is 28.1 Å². The quantitative estimate of drug-likeness (QED) is 0.641. The maximum atomic E-state index is 12.3. The lowest BCUT2D eigenvalue weighted by Gasteiger charge is -2.32.